The number of carbonyl (C=O) groups excluding carboxylic acids is 1. The number of anilines is 1. The molecule has 0 aliphatic carbocycles. The van der Waals surface area contributed by atoms with Crippen LogP contribution in [0.3, 0.4) is 0 Å². The predicted octanol–water partition coefficient (Wildman–Crippen LogP) is 2.45. The molecule has 0 aromatic heterocycles. The van der Waals surface area contributed by atoms with Crippen LogP contribution in [0.2, 0.25) is 10.0 Å². The van der Waals surface area contributed by atoms with Crippen LogP contribution in [0.5, 0.6) is 0 Å². The summed E-state index contributed by atoms with van der Waals surface area (Å²) >= 11 is 11.9. The number of hydrogen-bond acceptors (Lipinski definition) is 3. The van der Waals surface area contributed by atoms with Gasteiger partial charge in [-0.05, 0) is 12.1 Å². The summed E-state index contributed by atoms with van der Waals surface area (Å²) in [6.45, 7) is -0.167. The Balaban J connectivity index is 3.04. The van der Waals surface area contributed by atoms with Crippen LogP contribution in [0.15, 0.2) is 18.2 Å². The van der Waals surface area contributed by atoms with Gasteiger partial charge in [-0.2, -0.15) is 0 Å². The lowest BCUT2D eigenvalue weighted by Crippen LogP contribution is -2.35. The first kappa shape index (κ1) is 15.8. The molecule has 1 aromatic rings. The van der Waals surface area contributed by atoms with Crippen molar-refractivity contribution in [3.05, 3.63) is 28.2 Å². The zero-order valence-electron chi connectivity index (χ0n) is 10.2. The molecule has 1 amide bonds. The minimum absolute atomic E-state index is 0.00239. The quantitative estimate of drug-likeness (QED) is 0.876. The Labute approximate surface area is 120 Å². The van der Waals surface area contributed by atoms with Crippen molar-refractivity contribution in [1.82, 2.24) is 0 Å². The Morgan fingerprint density at radius 3 is 2.63 bits per heavy atom. The monoisotopic (exact) mass is 305 g/mol. The minimum Gasteiger partial charge on any atom is -0.481 e. The molecule has 0 saturated carbocycles. The predicted molar refractivity (Wildman–Crippen MR) is 72.9 cm³/mol. The van der Waals surface area contributed by atoms with Crippen LogP contribution >= 0.6 is 23.2 Å². The first-order valence-electron chi connectivity index (χ1n) is 5.42. The third-order valence-corrected chi connectivity index (χ3v) is 3.15. The van der Waals surface area contributed by atoms with Crippen LogP contribution in [0.25, 0.3) is 0 Å². The molecule has 0 saturated heterocycles. The fraction of sp³-hybridized carbons (Fsp3) is 0.333. The van der Waals surface area contributed by atoms with E-state index < -0.39 is 5.97 Å². The van der Waals surface area contributed by atoms with Crippen LogP contribution < -0.4 is 4.90 Å². The number of methoxy groups -OCH3 is 1. The van der Waals surface area contributed by atoms with Gasteiger partial charge in [0.2, 0.25) is 0 Å². The van der Waals surface area contributed by atoms with E-state index in [2.05, 4.69) is 0 Å². The fourth-order valence-electron chi connectivity index (χ4n) is 1.49. The Bertz CT molecular complexity index is 479. The van der Waals surface area contributed by atoms with E-state index in [-0.39, 0.29) is 30.5 Å². The molecule has 19 heavy (non-hydrogen) atoms. The normalized spacial score (nSPS) is 10.3. The van der Waals surface area contributed by atoms with Crippen molar-refractivity contribution in [2.45, 2.75) is 6.42 Å². The number of halogens is 2. The van der Waals surface area contributed by atoms with Gasteiger partial charge in [-0.25, -0.2) is 0 Å². The van der Waals surface area contributed by atoms with Crippen LogP contribution in [-0.4, -0.2) is 37.2 Å². The molecule has 0 bridgehead atoms. The van der Waals surface area contributed by atoms with Crippen molar-refractivity contribution < 1.29 is 19.4 Å². The molecule has 1 rings (SSSR count). The summed E-state index contributed by atoms with van der Waals surface area (Å²) in [5.74, 6) is -1.39. The van der Waals surface area contributed by atoms with Crippen molar-refractivity contribution in [3.63, 3.8) is 0 Å². The number of ether oxygens (including phenoxy) is 1. The molecule has 0 radical (unpaired) electrons. The van der Waals surface area contributed by atoms with E-state index in [0.717, 1.165) is 0 Å². The standard InChI is InChI=1S/C12H13Cl2NO4/c1-19-7-10(16)15(6-5-11(17)18)9-4-2-3-8(13)12(9)14/h2-4H,5-7H2,1H3,(H,17,18). The van der Waals surface area contributed by atoms with Crippen LogP contribution in [0, 0.1) is 0 Å². The molecule has 0 unspecified atom stereocenters. The topological polar surface area (TPSA) is 66.8 Å². The molecule has 7 heteroatoms. The highest BCUT2D eigenvalue weighted by molar-refractivity contribution is 6.44. The summed E-state index contributed by atoms with van der Waals surface area (Å²) in [5, 5.41) is 9.22. The van der Waals surface area contributed by atoms with E-state index >= 15 is 0 Å². The number of carboxylic acid groups (broad SMARTS) is 1. The number of amides is 1. The fourth-order valence-corrected chi connectivity index (χ4v) is 1.89. The van der Waals surface area contributed by atoms with Crippen molar-refractivity contribution in [2.75, 3.05) is 25.2 Å². The molecule has 0 spiro atoms. The first-order chi connectivity index (χ1) is 8.97. The largest absolute Gasteiger partial charge is 0.481 e. The number of aliphatic carboxylic acids is 1. The lowest BCUT2D eigenvalue weighted by molar-refractivity contribution is -0.136. The summed E-state index contributed by atoms with van der Waals surface area (Å²) in [5.41, 5.74) is 0.373. The van der Waals surface area contributed by atoms with Gasteiger partial charge in [0, 0.05) is 13.7 Å². The number of rotatable bonds is 6. The molecule has 0 fully saturated rings. The van der Waals surface area contributed by atoms with Gasteiger partial charge in [0.05, 0.1) is 22.2 Å². The molecular weight excluding hydrogens is 293 g/mol. The summed E-state index contributed by atoms with van der Waals surface area (Å²) in [6.07, 6.45) is -0.196. The molecule has 104 valence electrons. The molecule has 0 atom stereocenters. The maximum atomic E-state index is 11.9. The van der Waals surface area contributed by atoms with E-state index in [1.54, 1.807) is 18.2 Å². The Morgan fingerprint density at radius 1 is 1.37 bits per heavy atom. The van der Waals surface area contributed by atoms with Gasteiger partial charge < -0.3 is 14.7 Å². The highest BCUT2D eigenvalue weighted by atomic mass is 35.5. The first-order valence-corrected chi connectivity index (χ1v) is 6.18. The summed E-state index contributed by atoms with van der Waals surface area (Å²) in [4.78, 5) is 23.8. The van der Waals surface area contributed by atoms with E-state index in [9.17, 15) is 9.59 Å². The van der Waals surface area contributed by atoms with Crippen molar-refractivity contribution in [1.29, 1.82) is 0 Å². The maximum absolute atomic E-state index is 11.9. The highest BCUT2D eigenvalue weighted by Crippen LogP contribution is 2.32. The number of benzene rings is 1. The van der Waals surface area contributed by atoms with E-state index in [4.69, 9.17) is 33.0 Å². The summed E-state index contributed by atoms with van der Waals surface area (Å²) < 4.78 is 4.77. The van der Waals surface area contributed by atoms with Gasteiger partial charge in [-0.1, -0.05) is 29.3 Å². The van der Waals surface area contributed by atoms with Crippen molar-refractivity contribution >= 4 is 40.8 Å². The van der Waals surface area contributed by atoms with E-state index in [0.29, 0.717) is 10.7 Å². The molecule has 0 aliphatic heterocycles. The van der Waals surface area contributed by atoms with Gasteiger partial charge in [0.1, 0.15) is 6.61 Å². The van der Waals surface area contributed by atoms with E-state index in [1.165, 1.54) is 12.0 Å². The maximum Gasteiger partial charge on any atom is 0.305 e. The summed E-state index contributed by atoms with van der Waals surface area (Å²) in [6, 6.07) is 4.82. The second kappa shape index (κ2) is 7.33. The summed E-state index contributed by atoms with van der Waals surface area (Å²) in [7, 11) is 1.38. The molecule has 1 N–H and O–H groups in total. The average Bonchev–Trinajstić information content (AvgIpc) is 2.34. The Hall–Kier alpha value is -1.30. The minimum atomic E-state index is -1.01. The number of carbonyl (C=O) groups is 2. The molecule has 5 nitrogen and oxygen atoms in total. The number of carboxylic acids is 1. The van der Waals surface area contributed by atoms with Crippen molar-refractivity contribution in [3.8, 4) is 0 Å². The van der Waals surface area contributed by atoms with Gasteiger partial charge in [0.25, 0.3) is 5.91 Å². The molecule has 1 aromatic carbocycles. The van der Waals surface area contributed by atoms with Gasteiger partial charge >= 0.3 is 5.97 Å². The number of hydrogen-bond donors (Lipinski definition) is 1. The zero-order valence-corrected chi connectivity index (χ0v) is 11.7. The SMILES string of the molecule is COCC(=O)N(CCC(=O)O)c1cccc(Cl)c1Cl. The Morgan fingerprint density at radius 2 is 2.05 bits per heavy atom. The highest BCUT2D eigenvalue weighted by Gasteiger charge is 2.20. The van der Waals surface area contributed by atoms with Gasteiger partial charge in [-0.15, -0.1) is 0 Å². The van der Waals surface area contributed by atoms with Crippen LogP contribution in [0.4, 0.5) is 5.69 Å². The lowest BCUT2D eigenvalue weighted by atomic mass is 10.2. The second-order valence-electron chi connectivity index (χ2n) is 3.70. The third-order valence-electron chi connectivity index (χ3n) is 2.34. The lowest BCUT2D eigenvalue weighted by Gasteiger charge is -2.23. The zero-order chi connectivity index (χ0) is 14.4. The van der Waals surface area contributed by atoms with Crippen molar-refractivity contribution in [2.24, 2.45) is 0 Å². The average molecular weight is 306 g/mol. The molecule has 0 aliphatic rings. The smallest absolute Gasteiger partial charge is 0.305 e. The third kappa shape index (κ3) is 4.38. The van der Waals surface area contributed by atoms with Crippen LogP contribution in [0.1, 0.15) is 6.42 Å². The number of nitrogens with zero attached hydrogens (tertiary/aromatic N) is 1. The van der Waals surface area contributed by atoms with E-state index in [1.807, 2.05) is 0 Å². The van der Waals surface area contributed by atoms with Crippen LogP contribution in [-0.2, 0) is 14.3 Å². The molecular formula is C12H13Cl2NO4. The van der Waals surface area contributed by atoms with Gasteiger partial charge in [-0.3, -0.25) is 9.59 Å². The van der Waals surface area contributed by atoms with Gasteiger partial charge in [0.15, 0.2) is 0 Å². The Kier molecular flexibility index (Phi) is 6.08. The second-order valence-corrected chi connectivity index (χ2v) is 4.48. The molecule has 0 heterocycles.